The van der Waals surface area contributed by atoms with E-state index in [0.717, 1.165) is 12.6 Å². The number of benzene rings is 1. The van der Waals surface area contributed by atoms with Crippen LogP contribution < -0.4 is 5.32 Å². The zero-order valence-corrected chi connectivity index (χ0v) is 13.1. The van der Waals surface area contributed by atoms with Gasteiger partial charge in [-0.05, 0) is 25.0 Å². The third kappa shape index (κ3) is 3.09. The van der Waals surface area contributed by atoms with Gasteiger partial charge in [0.25, 0.3) is 5.91 Å². The third-order valence-electron chi connectivity index (χ3n) is 4.17. The Morgan fingerprint density at radius 2 is 2.18 bits per heavy atom. The van der Waals surface area contributed by atoms with Gasteiger partial charge in [0.05, 0.1) is 12.6 Å². The number of nitrogens with zero attached hydrogens (tertiary/aromatic N) is 1. The molecule has 7 heteroatoms. The average molecular weight is 333 g/mol. The van der Waals surface area contributed by atoms with Crippen molar-refractivity contribution in [1.82, 2.24) is 10.2 Å². The zero-order chi connectivity index (χ0) is 15.0. The molecule has 0 saturated carbocycles. The van der Waals surface area contributed by atoms with E-state index in [0.29, 0.717) is 37.2 Å². The number of hydrogen-bond donors (Lipinski definition) is 1. The van der Waals surface area contributed by atoms with Gasteiger partial charge in [0.1, 0.15) is 17.7 Å². The Balaban J connectivity index is 0.00000176. The minimum Gasteiger partial charge on any atom is -0.366 e. The van der Waals surface area contributed by atoms with Crippen molar-refractivity contribution >= 4 is 18.3 Å². The second-order valence-corrected chi connectivity index (χ2v) is 5.48. The summed E-state index contributed by atoms with van der Waals surface area (Å²) < 4.78 is 32.8. The largest absolute Gasteiger partial charge is 0.366 e. The van der Waals surface area contributed by atoms with Crippen molar-refractivity contribution in [3.8, 4) is 0 Å². The Labute approximate surface area is 134 Å². The summed E-state index contributed by atoms with van der Waals surface area (Å²) in [5, 5.41) is 3.11. The second-order valence-electron chi connectivity index (χ2n) is 5.48. The Morgan fingerprint density at radius 3 is 2.86 bits per heavy atom. The number of carbonyl (C=O) groups excluding carboxylic acids is 1. The number of carbonyl (C=O) groups is 1. The number of hydrogen-bond acceptors (Lipinski definition) is 3. The van der Waals surface area contributed by atoms with Crippen molar-refractivity contribution in [3.63, 3.8) is 0 Å². The molecule has 1 aromatic carbocycles. The van der Waals surface area contributed by atoms with E-state index >= 15 is 0 Å². The first-order valence-electron chi connectivity index (χ1n) is 7.18. The fraction of sp³-hybridized carbons (Fsp3) is 0.533. The maximum absolute atomic E-state index is 14.0. The summed E-state index contributed by atoms with van der Waals surface area (Å²) in [4.78, 5) is 14.1. The molecule has 4 nitrogen and oxygen atoms in total. The predicted molar refractivity (Wildman–Crippen MR) is 80.0 cm³/mol. The average Bonchev–Trinajstić information content (AvgIpc) is 2.47. The van der Waals surface area contributed by atoms with Gasteiger partial charge in [-0.25, -0.2) is 8.78 Å². The molecule has 22 heavy (non-hydrogen) atoms. The van der Waals surface area contributed by atoms with Gasteiger partial charge >= 0.3 is 0 Å². The van der Waals surface area contributed by atoms with Crippen molar-refractivity contribution in [2.75, 3.05) is 26.2 Å². The van der Waals surface area contributed by atoms with Gasteiger partial charge in [-0.1, -0.05) is 0 Å². The van der Waals surface area contributed by atoms with Crippen LogP contribution in [-0.2, 0) is 16.0 Å². The van der Waals surface area contributed by atoms with Gasteiger partial charge < -0.3 is 15.0 Å². The number of halogens is 3. The number of rotatable bonds is 1. The zero-order valence-electron chi connectivity index (χ0n) is 12.3. The first-order valence-corrected chi connectivity index (χ1v) is 7.18. The number of amides is 1. The highest BCUT2D eigenvalue weighted by Crippen LogP contribution is 2.32. The molecule has 2 heterocycles. The molecule has 2 aliphatic heterocycles. The van der Waals surface area contributed by atoms with E-state index in [9.17, 15) is 13.6 Å². The molecule has 2 atom stereocenters. The first kappa shape index (κ1) is 17.1. The van der Waals surface area contributed by atoms with E-state index in [2.05, 4.69) is 5.32 Å². The lowest BCUT2D eigenvalue weighted by Crippen LogP contribution is -2.51. The van der Waals surface area contributed by atoms with Crippen LogP contribution in [0, 0.1) is 11.6 Å². The van der Waals surface area contributed by atoms with Crippen molar-refractivity contribution in [2.45, 2.75) is 25.5 Å². The molecule has 1 aromatic rings. The molecule has 0 aliphatic carbocycles. The Bertz CT molecular complexity index is 565. The molecule has 1 saturated heterocycles. The van der Waals surface area contributed by atoms with E-state index in [1.807, 2.05) is 0 Å². The summed E-state index contributed by atoms with van der Waals surface area (Å²) in [7, 11) is 0. The molecule has 0 aromatic heterocycles. The number of nitrogens with one attached hydrogen (secondary N) is 1. The van der Waals surface area contributed by atoms with Crippen LogP contribution in [0.2, 0.25) is 0 Å². The number of fused-ring (bicyclic) bond motifs is 1. The van der Waals surface area contributed by atoms with E-state index in [1.165, 1.54) is 6.07 Å². The quantitative estimate of drug-likeness (QED) is 0.853. The Kier molecular flexibility index (Phi) is 5.36. The lowest BCUT2D eigenvalue weighted by molar-refractivity contribution is -0.148. The van der Waals surface area contributed by atoms with Crippen molar-refractivity contribution < 1.29 is 18.3 Å². The normalized spacial score (nSPS) is 24.4. The molecule has 1 N–H and O–H groups in total. The van der Waals surface area contributed by atoms with Crippen LogP contribution in [0.3, 0.4) is 0 Å². The molecule has 0 radical (unpaired) electrons. The fourth-order valence-electron chi connectivity index (χ4n) is 3.11. The molecular weight excluding hydrogens is 314 g/mol. The van der Waals surface area contributed by atoms with Crippen molar-refractivity contribution in [3.05, 3.63) is 34.9 Å². The second kappa shape index (κ2) is 6.89. The molecule has 122 valence electrons. The number of morpholine rings is 1. The SMILES string of the molecule is CC1c2c(F)cc(F)cc2CCN1C(=O)[C@H]1CNCCO1.Cl. The molecule has 1 amide bonds. The van der Waals surface area contributed by atoms with Gasteiger partial charge in [0, 0.05) is 31.3 Å². The first-order chi connectivity index (χ1) is 10.1. The smallest absolute Gasteiger partial charge is 0.253 e. The van der Waals surface area contributed by atoms with Crippen molar-refractivity contribution in [1.29, 1.82) is 0 Å². The molecule has 3 rings (SSSR count). The Morgan fingerprint density at radius 1 is 1.41 bits per heavy atom. The molecule has 0 spiro atoms. The van der Waals surface area contributed by atoms with Crippen LogP contribution in [0.4, 0.5) is 8.78 Å². The summed E-state index contributed by atoms with van der Waals surface area (Å²) in [6, 6.07) is 1.82. The van der Waals surface area contributed by atoms with Crippen LogP contribution in [-0.4, -0.2) is 43.2 Å². The summed E-state index contributed by atoms with van der Waals surface area (Å²) in [5.74, 6) is -1.29. The van der Waals surface area contributed by atoms with Gasteiger partial charge in [-0.3, -0.25) is 4.79 Å². The minimum atomic E-state index is -0.585. The van der Waals surface area contributed by atoms with Crippen molar-refractivity contribution in [2.24, 2.45) is 0 Å². The van der Waals surface area contributed by atoms with E-state index in [4.69, 9.17) is 4.74 Å². The van der Waals surface area contributed by atoms with E-state index in [-0.39, 0.29) is 18.3 Å². The van der Waals surface area contributed by atoms with E-state index in [1.54, 1.807) is 11.8 Å². The molecule has 1 unspecified atom stereocenters. The standard InChI is InChI=1S/C15H18F2N2O2.ClH/c1-9-14-10(6-11(16)7-12(14)17)2-4-19(9)15(20)13-8-18-3-5-21-13;/h6-7,9,13,18H,2-5,8H2,1H3;1H/t9?,13-;/m1./s1. The van der Waals surface area contributed by atoms with E-state index < -0.39 is 23.8 Å². The third-order valence-corrected chi connectivity index (χ3v) is 4.17. The maximum Gasteiger partial charge on any atom is 0.253 e. The molecule has 0 bridgehead atoms. The van der Waals surface area contributed by atoms with Gasteiger partial charge in [0.2, 0.25) is 0 Å². The summed E-state index contributed by atoms with van der Waals surface area (Å²) in [6.07, 6.45) is -0.0634. The highest BCUT2D eigenvalue weighted by molar-refractivity contribution is 5.85. The number of ether oxygens (including phenoxy) is 1. The van der Waals surface area contributed by atoms with Gasteiger partial charge in [-0.15, -0.1) is 12.4 Å². The molecular formula is C15H19ClF2N2O2. The highest BCUT2D eigenvalue weighted by atomic mass is 35.5. The maximum atomic E-state index is 14.0. The van der Waals surface area contributed by atoms with Crippen LogP contribution in [0.1, 0.15) is 24.1 Å². The monoisotopic (exact) mass is 332 g/mol. The predicted octanol–water partition coefficient (Wildman–Crippen LogP) is 1.82. The van der Waals surface area contributed by atoms with Crippen LogP contribution in [0.25, 0.3) is 0 Å². The lowest BCUT2D eigenvalue weighted by atomic mass is 9.92. The summed E-state index contributed by atoms with van der Waals surface area (Å²) in [5.41, 5.74) is 1.06. The van der Waals surface area contributed by atoms with Crippen LogP contribution in [0.15, 0.2) is 12.1 Å². The molecule has 2 aliphatic rings. The highest BCUT2D eigenvalue weighted by Gasteiger charge is 2.34. The van der Waals surface area contributed by atoms with Gasteiger partial charge in [-0.2, -0.15) is 0 Å². The summed E-state index contributed by atoms with van der Waals surface area (Å²) in [6.45, 7) is 3.93. The topological polar surface area (TPSA) is 41.6 Å². The van der Waals surface area contributed by atoms with Gasteiger partial charge in [0.15, 0.2) is 0 Å². The summed E-state index contributed by atoms with van der Waals surface area (Å²) >= 11 is 0. The van der Waals surface area contributed by atoms with Crippen LogP contribution in [0.5, 0.6) is 0 Å². The minimum absolute atomic E-state index is 0. The lowest BCUT2D eigenvalue weighted by Gasteiger charge is -2.38. The van der Waals surface area contributed by atoms with Crippen LogP contribution >= 0.6 is 12.4 Å². The molecule has 1 fully saturated rings. The fourth-order valence-corrected chi connectivity index (χ4v) is 3.11. The Hall–Kier alpha value is -1.24.